The third kappa shape index (κ3) is 5.19. The van der Waals surface area contributed by atoms with Crippen LogP contribution in [-0.2, 0) is 9.84 Å². The lowest BCUT2D eigenvalue weighted by Gasteiger charge is -2.17. The molecule has 1 atom stereocenters. The second-order valence-electron chi connectivity index (χ2n) is 4.35. The Balaban J connectivity index is 2.59. The van der Waals surface area contributed by atoms with Crippen LogP contribution in [0.3, 0.4) is 0 Å². The molecule has 0 radical (unpaired) electrons. The summed E-state index contributed by atoms with van der Waals surface area (Å²) >= 11 is 1.74. The molecular weight excluding hydrogens is 254 g/mol. The number of thiophene rings is 1. The zero-order chi connectivity index (χ0) is 12.9. The summed E-state index contributed by atoms with van der Waals surface area (Å²) in [6.45, 7) is 5.08. The van der Waals surface area contributed by atoms with Gasteiger partial charge in [-0.2, -0.15) is 0 Å². The van der Waals surface area contributed by atoms with Crippen molar-refractivity contribution in [2.75, 3.05) is 18.6 Å². The molecule has 17 heavy (non-hydrogen) atoms. The van der Waals surface area contributed by atoms with Crippen molar-refractivity contribution in [1.82, 2.24) is 5.32 Å². The second-order valence-corrected chi connectivity index (χ2v) is 7.56. The maximum Gasteiger partial charge on any atom is 0.147 e. The first-order chi connectivity index (χ1) is 7.94. The number of hydrogen-bond acceptors (Lipinski definition) is 4. The summed E-state index contributed by atoms with van der Waals surface area (Å²) < 4.78 is 22.2. The summed E-state index contributed by atoms with van der Waals surface area (Å²) in [4.78, 5) is 1.33. The predicted octanol–water partition coefficient (Wildman–Crippen LogP) is 2.53. The van der Waals surface area contributed by atoms with Crippen LogP contribution in [0, 0.1) is 6.92 Å². The smallest absolute Gasteiger partial charge is 0.147 e. The van der Waals surface area contributed by atoms with Gasteiger partial charge in [0.1, 0.15) is 9.84 Å². The van der Waals surface area contributed by atoms with Gasteiger partial charge in [0.25, 0.3) is 0 Å². The van der Waals surface area contributed by atoms with Crippen molar-refractivity contribution in [3.8, 4) is 0 Å². The summed E-state index contributed by atoms with van der Waals surface area (Å²) in [7, 11) is -2.84. The van der Waals surface area contributed by atoms with Crippen LogP contribution >= 0.6 is 11.3 Å². The average molecular weight is 275 g/mol. The molecule has 1 aromatic heterocycles. The highest BCUT2D eigenvalue weighted by Crippen LogP contribution is 2.27. The Morgan fingerprint density at radius 2 is 2.18 bits per heavy atom. The van der Waals surface area contributed by atoms with E-state index in [0.717, 1.165) is 13.0 Å². The quantitative estimate of drug-likeness (QED) is 0.832. The maximum absolute atomic E-state index is 11.1. The summed E-state index contributed by atoms with van der Waals surface area (Å²) in [5.74, 6) is 0.277. The fourth-order valence-corrected chi connectivity index (χ4v) is 3.59. The molecule has 1 rings (SSSR count). The van der Waals surface area contributed by atoms with E-state index in [-0.39, 0.29) is 5.75 Å². The summed E-state index contributed by atoms with van der Waals surface area (Å²) in [6.07, 6.45) is 2.89. The van der Waals surface area contributed by atoms with Crippen molar-refractivity contribution in [2.45, 2.75) is 32.7 Å². The van der Waals surface area contributed by atoms with Crippen LogP contribution in [0.5, 0.6) is 0 Å². The standard InChI is InChI=1S/C12H21NO2S2/c1-4-13-11(6-5-9-17(3,14)15)12-10(2)7-8-16-12/h7-8,11,13H,4-6,9H2,1-3H3. The first-order valence-electron chi connectivity index (χ1n) is 5.89. The normalized spacial score (nSPS) is 13.8. The Hall–Kier alpha value is -0.390. The summed E-state index contributed by atoms with van der Waals surface area (Å²) in [6, 6.07) is 2.41. The first-order valence-corrected chi connectivity index (χ1v) is 8.83. The monoisotopic (exact) mass is 275 g/mol. The maximum atomic E-state index is 11.1. The molecule has 0 saturated heterocycles. The Bertz CT molecular complexity index is 437. The third-order valence-corrected chi connectivity index (χ3v) is 4.84. The number of aryl methyl sites for hydroxylation is 1. The lowest BCUT2D eigenvalue weighted by Crippen LogP contribution is -2.21. The van der Waals surface area contributed by atoms with E-state index in [2.05, 4.69) is 30.6 Å². The number of nitrogens with one attached hydrogen (secondary N) is 1. The molecule has 1 unspecified atom stereocenters. The topological polar surface area (TPSA) is 46.2 Å². The highest BCUT2D eigenvalue weighted by molar-refractivity contribution is 7.90. The van der Waals surface area contributed by atoms with Gasteiger partial charge in [-0.1, -0.05) is 6.92 Å². The Labute approximate surface area is 108 Å². The van der Waals surface area contributed by atoms with Crippen LogP contribution in [0.1, 0.15) is 36.2 Å². The van der Waals surface area contributed by atoms with E-state index in [9.17, 15) is 8.42 Å². The van der Waals surface area contributed by atoms with Crippen molar-refractivity contribution in [3.63, 3.8) is 0 Å². The van der Waals surface area contributed by atoms with Gasteiger partial charge in [0.15, 0.2) is 0 Å². The van der Waals surface area contributed by atoms with Crippen molar-refractivity contribution in [3.05, 3.63) is 21.9 Å². The van der Waals surface area contributed by atoms with Crippen LogP contribution in [0.4, 0.5) is 0 Å². The molecule has 0 saturated carbocycles. The molecule has 1 N–H and O–H groups in total. The van der Waals surface area contributed by atoms with E-state index in [1.165, 1.54) is 16.7 Å². The highest BCUT2D eigenvalue weighted by Gasteiger charge is 2.14. The molecule has 5 heteroatoms. The summed E-state index contributed by atoms with van der Waals surface area (Å²) in [5.41, 5.74) is 1.29. The molecule has 0 aliphatic carbocycles. The fraction of sp³-hybridized carbons (Fsp3) is 0.667. The second kappa shape index (κ2) is 6.52. The van der Waals surface area contributed by atoms with Crippen LogP contribution in [0.25, 0.3) is 0 Å². The van der Waals surface area contributed by atoms with E-state index >= 15 is 0 Å². The third-order valence-electron chi connectivity index (χ3n) is 2.68. The average Bonchev–Trinajstić information content (AvgIpc) is 2.61. The molecule has 1 aromatic rings. The molecule has 0 aliphatic heterocycles. The molecule has 98 valence electrons. The molecule has 0 fully saturated rings. The molecule has 0 spiro atoms. The van der Waals surface area contributed by atoms with Gasteiger partial charge in [-0.05, 0) is 43.3 Å². The fourth-order valence-electron chi connectivity index (χ4n) is 1.86. The van der Waals surface area contributed by atoms with E-state index in [1.807, 2.05) is 0 Å². The van der Waals surface area contributed by atoms with Crippen molar-refractivity contribution in [1.29, 1.82) is 0 Å². The van der Waals surface area contributed by atoms with Gasteiger partial charge in [0.2, 0.25) is 0 Å². The van der Waals surface area contributed by atoms with Crippen molar-refractivity contribution in [2.24, 2.45) is 0 Å². The van der Waals surface area contributed by atoms with Crippen molar-refractivity contribution >= 4 is 21.2 Å². The van der Waals surface area contributed by atoms with Crippen molar-refractivity contribution < 1.29 is 8.42 Å². The van der Waals surface area contributed by atoms with Gasteiger partial charge < -0.3 is 5.32 Å². The van der Waals surface area contributed by atoms with E-state index in [1.54, 1.807) is 11.3 Å². The molecule has 0 amide bonds. The molecular formula is C12H21NO2S2. The van der Waals surface area contributed by atoms with Crippen LogP contribution in [-0.4, -0.2) is 27.0 Å². The molecule has 0 aliphatic rings. The zero-order valence-electron chi connectivity index (χ0n) is 10.7. The molecule has 0 aromatic carbocycles. The highest BCUT2D eigenvalue weighted by atomic mass is 32.2. The number of hydrogen-bond donors (Lipinski definition) is 1. The van der Waals surface area contributed by atoms with Gasteiger partial charge >= 0.3 is 0 Å². The molecule has 3 nitrogen and oxygen atoms in total. The van der Waals surface area contributed by atoms with Crippen LogP contribution in [0.15, 0.2) is 11.4 Å². The van der Waals surface area contributed by atoms with E-state index < -0.39 is 9.84 Å². The predicted molar refractivity (Wildman–Crippen MR) is 74.4 cm³/mol. The minimum atomic E-state index is -2.84. The Morgan fingerprint density at radius 3 is 2.65 bits per heavy atom. The number of sulfone groups is 1. The first kappa shape index (κ1) is 14.7. The SMILES string of the molecule is CCNC(CCCS(C)(=O)=O)c1sccc1C. The molecule has 0 bridgehead atoms. The molecule has 1 heterocycles. The Morgan fingerprint density at radius 1 is 1.47 bits per heavy atom. The van der Waals surface area contributed by atoms with Gasteiger partial charge in [-0.3, -0.25) is 0 Å². The Kier molecular flexibility index (Phi) is 5.62. The minimum absolute atomic E-state index is 0.277. The van der Waals surface area contributed by atoms with Gasteiger partial charge in [0.05, 0.1) is 0 Å². The zero-order valence-corrected chi connectivity index (χ0v) is 12.3. The lowest BCUT2D eigenvalue weighted by molar-refractivity contribution is 0.512. The van der Waals surface area contributed by atoms with Gasteiger partial charge in [-0.25, -0.2) is 8.42 Å². The van der Waals surface area contributed by atoms with Gasteiger partial charge in [-0.15, -0.1) is 11.3 Å². The van der Waals surface area contributed by atoms with E-state index in [0.29, 0.717) is 12.5 Å². The number of rotatable bonds is 7. The van der Waals surface area contributed by atoms with E-state index in [4.69, 9.17) is 0 Å². The lowest BCUT2D eigenvalue weighted by atomic mass is 10.1. The summed E-state index contributed by atoms with van der Waals surface area (Å²) in [5, 5.41) is 5.52. The minimum Gasteiger partial charge on any atom is -0.310 e. The van der Waals surface area contributed by atoms with Gasteiger partial charge in [0, 0.05) is 22.9 Å². The largest absolute Gasteiger partial charge is 0.310 e. The van der Waals surface area contributed by atoms with Crippen LogP contribution in [0.2, 0.25) is 0 Å². The van der Waals surface area contributed by atoms with Crippen LogP contribution < -0.4 is 5.32 Å².